The summed E-state index contributed by atoms with van der Waals surface area (Å²) in [5.74, 6) is 0.597. The summed E-state index contributed by atoms with van der Waals surface area (Å²) in [6.07, 6.45) is 3.20. The first-order valence-electron chi connectivity index (χ1n) is 4.93. The van der Waals surface area contributed by atoms with Crippen molar-refractivity contribution in [3.05, 3.63) is 51.7 Å². The molecule has 0 fully saturated rings. The van der Waals surface area contributed by atoms with Crippen molar-refractivity contribution in [1.82, 2.24) is 4.98 Å². The van der Waals surface area contributed by atoms with Gasteiger partial charge in [0.15, 0.2) is 5.75 Å². The number of halogens is 2. The lowest BCUT2D eigenvalue weighted by molar-refractivity contribution is 0.305. The van der Waals surface area contributed by atoms with E-state index in [9.17, 15) is 0 Å². The van der Waals surface area contributed by atoms with E-state index in [4.69, 9.17) is 22.1 Å². The van der Waals surface area contributed by atoms with Crippen molar-refractivity contribution in [1.29, 1.82) is 0 Å². The Morgan fingerprint density at radius 3 is 2.88 bits per heavy atom. The average Bonchev–Trinajstić information content (AvgIpc) is 2.28. The number of nitrogens with zero attached hydrogens (tertiary/aromatic N) is 1. The van der Waals surface area contributed by atoms with Gasteiger partial charge in [0, 0.05) is 11.2 Å². The lowest BCUT2D eigenvalue weighted by Gasteiger charge is -2.10. The van der Waals surface area contributed by atoms with Crippen LogP contribution in [0.25, 0.3) is 0 Å². The van der Waals surface area contributed by atoms with Crippen LogP contribution < -0.4 is 10.5 Å². The summed E-state index contributed by atoms with van der Waals surface area (Å²) in [6.45, 7) is 0.410. The second-order valence-corrected chi connectivity index (χ2v) is 4.75. The molecule has 2 N–H and O–H groups in total. The molecule has 1 aromatic heterocycles. The Morgan fingerprint density at radius 2 is 2.18 bits per heavy atom. The molecule has 0 spiro atoms. The number of nitrogen functional groups attached to an aromatic ring is 1. The fourth-order valence-corrected chi connectivity index (χ4v) is 2.05. The second kappa shape index (κ2) is 5.38. The maximum atomic E-state index is 5.89. The monoisotopic (exact) mass is 312 g/mol. The molecule has 0 aliphatic carbocycles. The largest absolute Gasteiger partial charge is 0.485 e. The molecule has 2 aromatic rings. The van der Waals surface area contributed by atoms with Crippen LogP contribution >= 0.6 is 27.5 Å². The summed E-state index contributed by atoms with van der Waals surface area (Å²) in [5, 5.41) is 0.688. The van der Waals surface area contributed by atoms with Gasteiger partial charge in [0.2, 0.25) is 0 Å². The Balaban J connectivity index is 2.13. The zero-order chi connectivity index (χ0) is 12.3. The lowest BCUT2D eigenvalue weighted by atomic mass is 10.2. The summed E-state index contributed by atoms with van der Waals surface area (Å²) >= 11 is 9.23. The van der Waals surface area contributed by atoms with Crippen molar-refractivity contribution in [2.75, 3.05) is 5.73 Å². The summed E-state index contributed by atoms with van der Waals surface area (Å²) in [5.41, 5.74) is 7.26. The second-order valence-electron chi connectivity index (χ2n) is 3.46. The smallest absolute Gasteiger partial charge is 0.160 e. The van der Waals surface area contributed by atoms with Crippen LogP contribution in [0.2, 0.25) is 5.02 Å². The average molecular weight is 314 g/mol. The minimum absolute atomic E-state index is 0.410. The van der Waals surface area contributed by atoms with Crippen LogP contribution in [-0.2, 0) is 6.61 Å². The molecular formula is C12H10BrClN2O. The molecule has 0 saturated heterocycles. The molecule has 1 aromatic carbocycles. The SMILES string of the molecule is Nc1cncc(Br)c1OCc1cccc(Cl)c1. The van der Waals surface area contributed by atoms with Crippen molar-refractivity contribution in [2.24, 2.45) is 0 Å². The predicted octanol–water partition coefficient (Wildman–Crippen LogP) is 3.66. The molecule has 0 aliphatic heterocycles. The third-order valence-electron chi connectivity index (χ3n) is 2.15. The van der Waals surface area contributed by atoms with Gasteiger partial charge in [-0.05, 0) is 33.6 Å². The minimum atomic E-state index is 0.410. The van der Waals surface area contributed by atoms with Gasteiger partial charge in [-0.25, -0.2) is 0 Å². The van der Waals surface area contributed by atoms with Crippen LogP contribution in [0.15, 0.2) is 41.1 Å². The molecule has 88 valence electrons. The third-order valence-corrected chi connectivity index (χ3v) is 2.95. The summed E-state index contributed by atoms with van der Waals surface area (Å²) in [4.78, 5) is 3.94. The number of benzene rings is 1. The molecule has 1 heterocycles. The van der Waals surface area contributed by atoms with Gasteiger partial charge in [-0.1, -0.05) is 23.7 Å². The van der Waals surface area contributed by atoms with Crippen molar-refractivity contribution in [3.8, 4) is 5.75 Å². The van der Waals surface area contributed by atoms with E-state index in [-0.39, 0.29) is 0 Å². The van der Waals surface area contributed by atoms with E-state index in [0.717, 1.165) is 10.0 Å². The highest BCUT2D eigenvalue weighted by molar-refractivity contribution is 9.10. The number of ether oxygens (including phenoxy) is 1. The van der Waals surface area contributed by atoms with Gasteiger partial charge in [0.25, 0.3) is 0 Å². The van der Waals surface area contributed by atoms with Crippen LogP contribution in [0.4, 0.5) is 5.69 Å². The molecule has 0 amide bonds. The van der Waals surface area contributed by atoms with E-state index in [1.807, 2.05) is 24.3 Å². The first kappa shape index (κ1) is 12.2. The zero-order valence-corrected chi connectivity index (χ0v) is 11.2. The van der Waals surface area contributed by atoms with E-state index in [1.54, 1.807) is 12.4 Å². The van der Waals surface area contributed by atoms with Gasteiger partial charge in [0.1, 0.15) is 6.61 Å². The van der Waals surface area contributed by atoms with Gasteiger partial charge in [0.05, 0.1) is 16.4 Å². The van der Waals surface area contributed by atoms with Gasteiger partial charge in [-0.15, -0.1) is 0 Å². The van der Waals surface area contributed by atoms with Gasteiger partial charge < -0.3 is 10.5 Å². The van der Waals surface area contributed by atoms with E-state index < -0.39 is 0 Å². The maximum Gasteiger partial charge on any atom is 0.160 e. The van der Waals surface area contributed by atoms with Crippen molar-refractivity contribution in [3.63, 3.8) is 0 Å². The number of aromatic nitrogens is 1. The van der Waals surface area contributed by atoms with E-state index in [2.05, 4.69) is 20.9 Å². The topological polar surface area (TPSA) is 48.1 Å². The molecule has 0 radical (unpaired) electrons. The number of pyridine rings is 1. The van der Waals surface area contributed by atoms with Crippen LogP contribution in [0.1, 0.15) is 5.56 Å². The first-order valence-corrected chi connectivity index (χ1v) is 6.10. The molecule has 17 heavy (non-hydrogen) atoms. The van der Waals surface area contributed by atoms with Crippen molar-refractivity contribution >= 4 is 33.2 Å². The lowest BCUT2D eigenvalue weighted by Crippen LogP contribution is -2.00. The standard InChI is InChI=1S/C12H10BrClN2O/c13-10-5-16-6-11(15)12(10)17-7-8-2-1-3-9(14)4-8/h1-6H,7,15H2. The molecule has 0 atom stereocenters. The summed E-state index contributed by atoms with van der Waals surface area (Å²) < 4.78 is 6.37. The molecule has 2 rings (SSSR count). The van der Waals surface area contributed by atoms with Gasteiger partial charge >= 0.3 is 0 Å². The Kier molecular flexibility index (Phi) is 3.86. The summed E-state index contributed by atoms with van der Waals surface area (Å²) in [7, 11) is 0. The van der Waals surface area contributed by atoms with E-state index in [0.29, 0.717) is 23.1 Å². The number of nitrogens with two attached hydrogens (primary N) is 1. The molecule has 3 nitrogen and oxygen atoms in total. The highest BCUT2D eigenvalue weighted by Gasteiger charge is 2.06. The Hall–Kier alpha value is -1.26. The quantitative estimate of drug-likeness (QED) is 0.940. The Bertz CT molecular complexity index is 513. The Labute approximate surface area is 113 Å². The number of rotatable bonds is 3. The third kappa shape index (κ3) is 3.11. The maximum absolute atomic E-state index is 5.89. The fraction of sp³-hybridized carbons (Fsp3) is 0.0833. The van der Waals surface area contributed by atoms with Crippen LogP contribution in [-0.4, -0.2) is 4.98 Å². The number of hydrogen-bond acceptors (Lipinski definition) is 3. The highest BCUT2D eigenvalue weighted by atomic mass is 79.9. The molecule has 5 heteroatoms. The van der Waals surface area contributed by atoms with Crippen molar-refractivity contribution in [2.45, 2.75) is 6.61 Å². The fourth-order valence-electron chi connectivity index (χ4n) is 1.37. The van der Waals surface area contributed by atoms with E-state index in [1.165, 1.54) is 0 Å². The molecule has 0 unspecified atom stereocenters. The molecule has 0 bridgehead atoms. The Morgan fingerprint density at radius 1 is 1.35 bits per heavy atom. The number of anilines is 1. The first-order chi connectivity index (χ1) is 8.16. The van der Waals surface area contributed by atoms with Crippen LogP contribution in [0.5, 0.6) is 5.75 Å². The minimum Gasteiger partial charge on any atom is -0.485 e. The van der Waals surface area contributed by atoms with Crippen LogP contribution in [0, 0.1) is 0 Å². The molecule has 0 aliphatic rings. The molecular weight excluding hydrogens is 304 g/mol. The summed E-state index contributed by atoms with van der Waals surface area (Å²) in [6, 6.07) is 7.50. The van der Waals surface area contributed by atoms with Crippen LogP contribution in [0.3, 0.4) is 0 Å². The highest BCUT2D eigenvalue weighted by Crippen LogP contribution is 2.30. The number of hydrogen-bond donors (Lipinski definition) is 1. The van der Waals surface area contributed by atoms with E-state index >= 15 is 0 Å². The predicted molar refractivity (Wildman–Crippen MR) is 72.1 cm³/mol. The van der Waals surface area contributed by atoms with Gasteiger partial charge in [-0.3, -0.25) is 4.98 Å². The normalized spacial score (nSPS) is 10.2. The van der Waals surface area contributed by atoms with Crippen molar-refractivity contribution < 1.29 is 4.74 Å². The van der Waals surface area contributed by atoms with Gasteiger partial charge in [-0.2, -0.15) is 0 Å². The zero-order valence-electron chi connectivity index (χ0n) is 8.86. The molecule has 0 saturated carbocycles.